The number of halogens is 1. The van der Waals surface area contributed by atoms with Gasteiger partial charge in [0.25, 0.3) is 5.91 Å². The van der Waals surface area contributed by atoms with E-state index in [-0.39, 0.29) is 29.7 Å². The van der Waals surface area contributed by atoms with Crippen molar-refractivity contribution in [3.63, 3.8) is 0 Å². The fourth-order valence-electron chi connectivity index (χ4n) is 4.23. The molecule has 202 valence electrons. The Morgan fingerprint density at radius 2 is 2.08 bits per heavy atom. The first-order chi connectivity index (χ1) is 18.6. The van der Waals surface area contributed by atoms with E-state index in [1.165, 1.54) is 20.3 Å². The van der Waals surface area contributed by atoms with Crippen LogP contribution in [0.3, 0.4) is 0 Å². The third-order valence-electron chi connectivity index (χ3n) is 6.06. The standard InChI is InChI=1S/C29H30FN5O4/c1-17(16-38-4)27(36)35-29(2,3)12-9-18-15-31-13-10-19(18)24-25(23-21(33-24)11-14-32-28(23)37)34-22-8-6-7-20(30)26(22)39-5/h6-8,10,13,15,33-34H,1,11,14,16H2,2-5H3,(H,32,37)(H,35,36). The summed E-state index contributed by atoms with van der Waals surface area (Å²) in [5.74, 6) is 5.09. The van der Waals surface area contributed by atoms with E-state index < -0.39 is 11.4 Å². The van der Waals surface area contributed by atoms with Gasteiger partial charge < -0.3 is 30.4 Å². The fourth-order valence-corrected chi connectivity index (χ4v) is 4.23. The number of amides is 2. The van der Waals surface area contributed by atoms with Crippen LogP contribution in [0.2, 0.25) is 0 Å². The van der Waals surface area contributed by atoms with Crippen LogP contribution in [0.1, 0.15) is 35.5 Å². The molecule has 1 aliphatic rings. The Morgan fingerprint density at radius 1 is 1.28 bits per heavy atom. The predicted octanol–water partition coefficient (Wildman–Crippen LogP) is 3.70. The van der Waals surface area contributed by atoms with Crippen molar-refractivity contribution in [3.8, 4) is 28.8 Å². The van der Waals surface area contributed by atoms with Gasteiger partial charge in [-0.15, -0.1) is 0 Å². The summed E-state index contributed by atoms with van der Waals surface area (Å²) in [6.45, 7) is 7.87. The van der Waals surface area contributed by atoms with Crippen LogP contribution < -0.4 is 20.7 Å². The quantitative estimate of drug-likeness (QED) is 0.260. The molecule has 9 nitrogen and oxygen atoms in total. The number of carbonyl (C=O) groups excluding carboxylic acids is 2. The van der Waals surface area contributed by atoms with Crippen molar-refractivity contribution in [3.05, 3.63) is 71.4 Å². The molecule has 0 bridgehead atoms. The van der Waals surface area contributed by atoms with E-state index in [1.807, 2.05) is 0 Å². The van der Waals surface area contributed by atoms with Crippen LogP contribution in [-0.2, 0) is 16.0 Å². The van der Waals surface area contributed by atoms with Gasteiger partial charge >= 0.3 is 0 Å². The second kappa shape index (κ2) is 11.4. The highest BCUT2D eigenvalue weighted by Gasteiger charge is 2.28. The lowest BCUT2D eigenvalue weighted by Gasteiger charge is -2.20. The van der Waals surface area contributed by atoms with E-state index in [2.05, 4.69) is 44.3 Å². The summed E-state index contributed by atoms with van der Waals surface area (Å²) in [4.78, 5) is 33.0. The first-order valence-electron chi connectivity index (χ1n) is 12.2. The second-order valence-electron chi connectivity index (χ2n) is 9.47. The Labute approximate surface area is 226 Å². The molecule has 3 heterocycles. The van der Waals surface area contributed by atoms with Gasteiger partial charge in [-0.05, 0) is 32.0 Å². The minimum atomic E-state index is -0.897. The molecule has 0 radical (unpaired) electrons. The number of nitrogens with zero attached hydrogens (tertiary/aromatic N) is 1. The Balaban J connectivity index is 1.78. The van der Waals surface area contributed by atoms with Crippen LogP contribution in [0, 0.1) is 17.7 Å². The van der Waals surface area contributed by atoms with Gasteiger partial charge in [0.1, 0.15) is 0 Å². The van der Waals surface area contributed by atoms with Gasteiger partial charge in [-0.2, -0.15) is 0 Å². The molecule has 0 spiro atoms. The minimum absolute atomic E-state index is 0.0249. The highest BCUT2D eigenvalue weighted by atomic mass is 19.1. The topological polar surface area (TPSA) is 117 Å². The zero-order chi connectivity index (χ0) is 28.2. The SMILES string of the molecule is C=C(COC)C(=O)NC(C)(C)C#Cc1cnccc1-c1[nH]c2c(c1Nc1cccc(F)c1OC)C(=O)NCC2. The molecule has 3 aromatic rings. The maximum atomic E-state index is 14.5. The fraction of sp³-hybridized carbons (Fsp3) is 0.276. The summed E-state index contributed by atoms with van der Waals surface area (Å²) in [5, 5.41) is 8.92. The van der Waals surface area contributed by atoms with E-state index in [4.69, 9.17) is 9.47 Å². The summed E-state index contributed by atoms with van der Waals surface area (Å²) >= 11 is 0. The Bertz CT molecular complexity index is 1500. The number of carbonyl (C=O) groups is 2. The highest BCUT2D eigenvalue weighted by molar-refractivity contribution is 6.06. The molecule has 0 unspecified atom stereocenters. The van der Waals surface area contributed by atoms with Crippen LogP contribution >= 0.6 is 0 Å². The van der Waals surface area contributed by atoms with Gasteiger partial charge in [0, 0.05) is 49.3 Å². The molecule has 1 aromatic carbocycles. The van der Waals surface area contributed by atoms with E-state index in [1.54, 1.807) is 44.4 Å². The largest absolute Gasteiger partial charge is 0.492 e. The van der Waals surface area contributed by atoms with Crippen LogP contribution in [0.25, 0.3) is 11.3 Å². The van der Waals surface area contributed by atoms with E-state index in [0.717, 1.165) is 5.69 Å². The Kier molecular flexibility index (Phi) is 8.02. The van der Waals surface area contributed by atoms with Crippen molar-refractivity contribution in [2.24, 2.45) is 0 Å². The van der Waals surface area contributed by atoms with Gasteiger partial charge in [-0.3, -0.25) is 14.6 Å². The number of ether oxygens (including phenoxy) is 2. The molecule has 2 amide bonds. The number of aromatic nitrogens is 2. The molecular formula is C29H30FN5O4. The molecule has 0 aliphatic carbocycles. The molecule has 39 heavy (non-hydrogen) atoms. The molecule has 10 heteroatoms. The number of hydrogen-bond donors (Lipinski definition) is 4. The monoisotopic (exact) mass is 531 g/mol. The zero-order valence-corrected chi connectivity index (χ0v) is 22.3. The number of nitrogens with one attached hydrogen (secondary N) is 4. The number of fused-ring (bicyclic) bond motifs is 1. The normalized spacial score (nSPS) is 12.5. The lowest BCUT2D eigenvalue weighted by Crippen LogP contribution is -2.43. The molecule has 4 N–H and O–H groups in total. The third kappa shape index (κ3) is 5.94. The summed E-state index contributed by atoms with van der Waals surface area (Å²) in [5.41, 5.74) is 3.20. The second-order valence-corrected chi connectivity index (χ2v) is 9.47. The number of pyridine rings is 1. The van der Waals surface area contributed by atoms with E-state index >= 15 is 0 Å². The Hall–Kier alpha value is -4.62. The van der Waals surface area contributed by atoms with Crippen LogP contribution in [0.5, 0.6) is 5.75 Å². The third-order valence-corrected chi connectivity index (χ3v) is 6.06. The maximum Gasteiger partial charge on any atom is 0.255 e. The maximum absolute atomic E-state index is 14.5. The van der Waals surface area contributed by atoms with Crippen molar-refractivity contribution in [1.29, 1.82) is 0 Å². The van der Waals surface area contributed by atoms with E-state index in [0.29, 0.717) is 46.7 Å². The van der Waals surface area contributed by atoms with Crippen LogP contribution in [0.4, 0.5) is 15.8 Å². The average Bonchev–Trinajstić information content (AvgIpc) is 3.27. The number of benzene rings is 1. The van der Waals surface area contributed by atoms with Gasteiger partial charge in [-0.25, -0.2) is 4.39 Å². The minimum Gasteiger partial charge on any atom is -0.492 e. The van der Waals surface area contributed by atoms with Crippen molar-refractivity contribution >= 4 is 23.2 Å². The average molecular weight is 532 g/mol. The molecule has 4 rings (SSSR count). The molecule has 0 saturated heterocycles. The zero-order valence-electron chi connectivity index (χ0n) is 22.3. The number of rotatable bonds is 8. The lowest BCUT2D eigenvalue weighted by atomic mass is 10.0. The van der Waals surface area contributed by atoms with Crippen molar-refractivity contribution < 1.29 is 23.5 Å². The highest BCUT2D eigenvalue weighted by Crippen LogP contribution is 2.40. The molecule has 1 aliphatic heterocycles. The summed E-state index contributed by atoms with van der Waals surface area (Å²) < 4.78 is 24.7. The van der Waals surface area contributed by atoms with Crippen LogP contribution in [0.15, 0.2) is 48.8 Å². The molecule has 0 atom stereocenters. The number of para-hydroxylation sites is 1. The molecule has 2 aromatic heterocycles. The van der Waals surface area contributed by atoms with Gasteiger partial charge in [-0.1, -0.05) is 24.5 Å². The number of H-pyrrole nitrogens is 1. The van der Waals surface area contributed by atoms with Crippen LogP contribution in [-0.4, -0.2) is 54.7 Å². The van der Waals surface area contributed by atoms with Gasteiger partial charge in [0.05, 0.1) is 47.5 Å². The number of aromatic amines is 1. The summed E-state index contributed by atoms with van der Waals surface area (Å²) in [6.07, 6.45) is 3.82. The lowest BCUT2D eigenvalue weighted by molar-refractivity contribution is -0.119. The smallest absolute Gasteiger partial charge is 0.255 e. The first-order valence-corrected chi connectivity index (χ1v) is 12.2. The van der Waals surface area contributed by atoms with Gasteiger partial charge in [0.2, 0.25) is 5.91 Å². The van der Waals surface area contributed by atoms with Crippen molar-refractivity contribution in [2.45, 2.75) is 25.8 Å². The Morgan fingerprint density at radius 3 is 2.82 bits per heavy atom. The number of hydrogen-bond acceptors (Lipinski definition) is 6. The van der Waals surface area contributed by atoms with Gasteiger partial charge in [0.15, 0.2) is 11.6 Å². The first kappa shape index (κ1) is 27.4. The molecule has 0 fully saturated rings. The number of methoxy groups -OCH3 is 2. The van der Waals surface area contributed by atoms with Crippen molar-refractivity contribution in [1.82, 2.24) is 20.6 Å². The summed E-state index contributed by atoms with van der Waals surface area (Å²) in [7, 11) is 2.87. The molecule has 0 saturated carbocycles. The predicted molar refractivity (Wildman–Crippen MR) is 146 cm³/mol. The number of anilines is 2. The summed E-state index contributed by atoms with van der Waals surface area (Å²) in [6, 6.07) is 6.30. The van der Waals surface area contributed by atoms with E-state index in [9.17, 15) is 14.0 Å². The van der Waals surface area contributed by atoms with Crippen molar-refractivity contribution in [2.75, 3.05) is 32.7 Å². The molecular weight excluding hydrogens is 501 g/mol.